The van der Waals surface area contributed by atoms with Gasteiger partial charge in [-0.1, -0.05) is 39.5 Å². The predicted molar refractivity (Wildman–Crippen MR) is 133 cm³/mol. The first kappa shape index (κ1) is 26.2. The summed E-state index contributed by atoms with van der Waals surface area (Å²) in [4.78, 5) is 17.1. The minimum atomic E-state index is -0.809. The van der Waals surface area contributed by atoms with Crippen molar-refractivity contribution in [2.24, 2.45) is 4.99 Å². The second-order valence-corrected chi connectivity index (χ2v) is 8.55. The van der Waals surface area contributed by atoms with E-state index in [-0.39, 0.29) is 23.4 Å². The summed E-state index contributed by atoms with van der Waals surface area (Å²) in [6.45, 7) is 15.5. The maximum Gasteiger partial charge on any atom is 0.251 e. The van der Waals surface area contributed by atoms with Crippen LogP contribution in [0.4, 0.5) is 14.5 Å². The molecule has 4 nitrogen and oxygen atoms in total. The lowest BCUT2D eigenvalue weighted by molar-refractivity contribution is 0.0934. The minimum absolute atomic E-state index is 0.0712. The van der Waals surface area contributed by atoms with Gasteiger partial charge >= 0.3 is 0 Å². The fraction of sp³-hybridized carbons (Fsp3) is 0.407. The lowest BCUT2D eigenvalue weighted by Gasteiger charge is -2.17. The Labute approximate surface area is 196 Å². The highest BCUT2D eigenvalue weighted by Crippen LogP contribution is 2.24. The molecule has 0 radical (unpaired) electrons. The number of carbonyl (C=O) groups excluding carboxylic acids is 1. The molecular formula is C27H35F2N3O. The largest absolute Gasteiger partial charge is 0.355 e. The van der Waals surface area contributed by atoms with E-state index in [1.807, 2.05) is 32.9 Å². The third-order valence-corrected chi connectivity index (χ3v) is 5.96. The van der Waals surface area contributed by atoms with E-state index in [1.54, 1.807) is 25.1 Å². The molecular weight excluding hydrogens is 420 g/mol. The molecule has 0 aromatic heterocycles. The van der Waals surface area contributed by atoms with Crippen molar-refractivity contribution >= 4 is 17.3 Å². The molecule has 0 saturated heterocycles. The number of aryl methyl sites for hydroxylation is 2. The molecule has 2 N–H and O–H groups in total. The average molecular weight is 456 g/mol. The third kappa shape index (κ3) is 6.73. The Morgan fingerprint density at radius 3 is 2.33 bits per heavy atom. The first-order valence-corrected chi connectivity index (χ1v) is 11.4. The Hall–Kier alpha value is -3.02. The van der Waals surface area contributed by atoms with E-state index in [0.29, 0.717) is 29.1 Å². The topological polar surface area (TPSA) is 53.5 Å². The molecule has 33 heavy (non-hydrogen) atoms. The van der Waals surface area contributed by atoms with Gasteiger partial charge in [-0.2, -0.15) is 0 Å². The number of hydrogen-bond donors (Lipinski definition) is 2. The molecule has 0 aliphatic heterocycles. The van der Waals surface area contributed by atoms with Gasteiger partial charge in [0.1, 0.15) is 0 Å². The molecule has 0 aliphatic carbocycles. The van der Waals surface area contributed by atoms with Gasteiger partial charge in [0, 0.05) is 29.8 Å². The zero-order valence-electron chi connectivity index (χ0n) is 20.5. The summed E-state index contributed by atoms with van der Waals surface area (Å²) in [5.41, 5.74) is 4.17. The number of carbonyl (C=O) groups is 1. The Morgan fingerprint density at radius 1 is 1.06 bits per heavy atom. The van der Waals surface area contributed by atoms with Crippen molar-refractivity contribution in [1.82, 2.24) is 5.32 Å². The molecule has 0 bridgehead atoms. The van der Waals surface area contributed by atoms with Gasteiger partial charge in [0.05, 0.1) is 11.4 Å². The molecule has 1 atom stereocenters. The highest BCUT2D eigenvalue weighted by Gasteiger charge is 2.16. The minimum Gasteiger partial charge on any atom is -0.355 e. The van der Waals surface area contributed by atoms with E-state index in [0.717, 1.165) is 24.1 Å². The fourth-order valence-corrected chi connectivity index (χ4v) is 3.53. The van der Waals surface area contributed by atoms with Crippen molar-refractivity contribution in [1.29, 1.82) is 0 Å². The summed E-state index contributed by atoms with van der Waals surface area (Å²) in [5.74, 6) is -1.97. The number of halogens is 2. The van der Waals surface area contributed by atoms with Crippen LogP contribution in [-0.4, -0.2) is 24.2 Å². The van der Waals surface area contributed by atoms with Gasteiger partial charge in [0.25, 0.3) is 5.91 Å². The van der Waals surface area contributed by atoms with Crippen LogP contribution < -0.4 is 10.6 Å². The fourth-order valence-electron chi connectivity index (χ4n) is 3.53. The maximum atomic E-state index is 14.2. The van der Waals surface area contributed by atoms with E-state index in [2.05, 4.69) is 36.1 Å². The van der Waals surface area contributed by atoms with Crippen LogP contribution in [0.1, 0.15) is 73.5 Å². The number of rotatable bonds is 10. The number of nitrogens with one attached hydrogen (secondary N) is 2. The Kier molecular flexibility index (Phi) is 9.32. The maximum absolute atomic E-state index is 14.2. The number of nitrogens with zero attached hydrogens (tertiary/aromatic N) is 1. The van der Waals surface area contributed by atoms with Gasteiger partial charge < -0.3 is 10.6 Å². The van der Waals surface area contributed by atoms with E-state index in [4.69, 9.17) is 0 Å². The smallest absolute Gasteiger partial charge is 0.251 e. The summed E-state index contributed by atoms with van der Waals surface area (Å²) < 4.78 is 28.1. The quantitative estimate of drug-likeness (QED) is 0.392. The van der Waals surface area contributed by atoms with Gasteiger partial charge in [-0.25, -0.2) is 8.78 Å². The first-order valence-electron chi connectivity index (χ1n) is 11.4. The molecule has 0 saturated carbocycles. The molecule has 2 aromatic carbocycles. The van der Waals surface area contributed by atoms with Crippen LogP contribution in [0.5, 0.6) is 0 Å². The Bertz CT molecular complexity index is 1040. The third-order valence-electron chi connectivity index (χ3n) is 5.96. The summed E-state index contributed by atoms with van der Waals surface area (Å²) in [6, 6.07) is 8.89. The molecule has 0 fully saturated rings. The van der Waals surface area contributed by atoms with Crippen LogP contribution in [-0.2, 0) is 0 Å². The van der Waals surface area contributed by atoms with Crippen molar-refractivity contribution in [3.63, 3.8) is 0 Å². The monoisotopic (exact) mass is 455 g/mol. The van der Waals surface area contributed by atoms with Crippen molar-refractivity contribution in [2.45, 2.75) is 66.3 Å². The summed E-state index contributed by atoms with van der Waals surface area (Å²) in [6.07, 6.45) is 1.78. The van der Waals surface area contributed by atoms with Crippen molar-refractivity contribution in [3.05, 3.63) is 76.5 Å². The van der Waals surface area contributed by atoms with Crippen LogP contribution >= 0.6 is 0 Å². The first-order chi connectivity index (χ1) is 15.6. The van der Waals surface area contributed by atoms with Gasteiger partial charge in [-0.15, -0.1) is 0 Å². The molecule has 2 rings (SSSR count). The molecule has 6 heteroatoms. The van der Waals surface area contributed by atoms with Crippen LogP contribution in [0.25, 0.3) is 0 Å². The molecule has 2 aromatic rings. The van der Waals surface area contributed by atoms with Gasteiger partial charge in [0.2, 0.25) is 0 Å². The SMILES string of the molecule is C=C(Nc1ccc(C(=O)NC(CC)CC)c(C)c1)/C(C)=N/CC(C)c1ccc(C)c(F)c1F. The lowest BCUT2D eigenvalue weighted by Crippen LogP contribution is -2.34. The number of hydrogen-bond acceptors (Lipinski definition) is 3. The van der Waals surface area contributed by atoms with E-state index in [9.17, 15) is 13.6 Å². The van der Waals surface area contributed by atoms with Crippen molar-refractivity contribution in [2.75, 3.05) is 11.9 Å². The number of aliphatic imine (C=N–C) groups is 1. The zero-order valence-corrected chi connectivity index (χ0v) is 20.5. The second kappa shape index (κ2) is 11.7. The van der Waals surface area contributed by atoms with E-state index < -0.39 is 11.6 Å². The van der Waals surface area contributed by atoms with Gasteiger partial charge in [-0.3, -0.25) is 9.79 Å². The van der Waals surface area contributed by atoms with Gasteiger partial charge in [0.15, 0.2) is 11.6 Å². The van der Waals surface area contributed by atoms with Crippen LogP contribution in [0, 0.1) is 25.5 Å². The Balaban J connectivity index is 2.04. The van der Waals surface area contributed by atoms with Crippen LogP contribution in [0.15, 0.2) is 47.6 Å². The summed E-state index contributed by atoms with van der Waals surface area (Å²) >= 11 is 0. The molecule has 0 heterocycles. The zero-order chi connectivity index (χ0) is 24.7. The van der Waals surface area contributed by atoms with E-state index in [1.165, 1.54) is 0 Å². The highest BCUT2D eigenvalue weighted by molar-refractivity contribution is 6.00. The standard InChI is InChI=1S/C27H35F2N3O/c1-8-21(9-2)32-27(33)24-13-11-22(14-17(24)4)31-20(7)19(6)30-15-18(5)23-12-10-16(3)25(28)26(23)29/h10-14,18,21,31H,7-9,15H2,1-6H3,(H,32,33)/b30-19+. The molecule has 0 spiro atoms. The molecule has 0 aliphatic rings. The average Bonchev–Trinajstić information content (AvgIpc) is 2.79. The molecule has 1 unspecified atom stereocenters. The normalized spacial score (nSPS) is 12.6. The van der Waals surface area contributed by atoms with Gasteiger partial charge in [-0.05, 0) is 68.5 Å². The van der Waals surface area contributed by atoms with Crippen molar-refractivity contribution in [3.8, 4) is 0 Å². The Morgan fingerprint density at radius 2 is 1.73 bits per heavy atom. The number of amides is 1. The van der Waals surface area contributed by atoms with Crippen LogP contribution in [0.2, 0.25) is 0 Å². The lowest BCUT2D eigenvalue weighted by atomic mass is 9.99. The van der Waals surface area contributed by atoms with Crippen molar-refractivity contribution < 1.29 is 13.6 Å². The highest BCUT2D eigenvalue weighted by atomic mass is 19.2. The molecule has 1 amide bonds. The summed E-state index contributed by atoms with van der Waals surface area (Å²) in [7, 11) is 0. The number of allylic oxidation sites excluding steroid dienone is 1. The van der Waals surface area contributed by atoms with E-state index >= 15 is 0 Å². The number of benzene rings is 2. The van der Waals surface area contributed by atoms with Crippen LogP contribution in [0.3, 0.4) is 0 Å². The second-order valence-electron chi connectivity index (χ2n) is 8.55. The predicted octanol–water partition coefficient (Wildman–Crippen LogP) is 6.69. The molecule has 178 valence electrons. The number of anilines is 1. The summed E-state index contributed by atoms with van der Waals surface area (Å²) in [5, 5.41) is 6.27.